The third-order valence-electron chi connectivity index (χ3n) is 5.48. The van der Waals surface area contributed by atoms with Gasteiger partial charge >= 0.3 is 0 Å². The molecule has 1 aliphatic heterocycles. The number of hydrogen-bond donors (Lipinski definition) is 2. The second-order valence-corrected chi connectivity index (χ2v) is 8.35. The summed E-state index contributed by atoms with van der Waals surface area (Å²) >= 11 is 0. The van der Waals surface area contributed by atoms with E-state index in [-0.39, 0.29) is 17.7 Å². The molecule has 0 aromatic heterocycles. The number of anilines is 1. The molecule has 32 heavy (non-hydrogen) atoms. The van der Waals surface area contributed by atoms with Gasteiger partial charge in [-0.25, -0.2) is 0 Å². The zero-order valence-electron chi connectivity index (χ0n) is 18.4. The molecule has 1 fully saturated rings. The molecule has 2 aromatic rings. The van der Waals surface area contributed by atoms with Gasteiger partial charge in [0.25, 0.3) is 11.8 Å². The van der Waals surface area contributed by atoms with Crippen molar-refractivity contribution in [1.82, 2.24) is 10.2 Å². The third-order valence-corrected chi connectivity index (χ3v) is 5.48. The number of nitriles is 1. The molecule has 166 valence electrons. The van der Waals surface area contributed by atoms with E-state index in [9.17, 15) is 14.4 Å². The van der Waals surface area contributed by atoms with Crippen LogP contribution in [0.4, 0.5) is 5.69 Å². The maximum absolute atomic E-state index is 13.1. The van der Waals surface area contributed by atoms with Crippen LogP contribution < -0.4 is 10.6 Å². The molecule has 3 rings (SSSR count). The molecule has 0 bridgehead atoms. The Labute approximate surface area is 188 Å². The smallest absolute Gasteiger partial charge is 0.255 e. The minimum absolute atomic E-state index is 0.109. The number of nitrogens with zero attached hydrogens (tertiary/aromatic N) is 2. The summed E-state index contributed by atoms with van der Waals surface area (Å²) in [5.41, 5.74) is 1.80. The number of hydrogen-bond acceptors (Lipinski definition) is 4. The molecule has 7 heteroatoms. The zero-order valence-corrected chi connectivity index (χ0v) is 18.4. The molecule has 1 atom stereocenters. The molecule has 0 saturated carbocycles. The Bertz CT molecular complexity index is 1020. The van der Waals surface area contributed by atoms with Crippen molar-refractivity contribution < 1.29 is 14.4 Å². The molecule has 0 unspecified atom stereocenters. The van der Waals surface area contributed by atoms with Crippen LogP contribution >= 0.6 is 0 Å². The lowest BCUT2D eigenvalue weighted by Gasteiger charge is -2.24. The predicted molar refractivity (Wildman–Crippen MR) is 122 cm³/mol. The van der Waals surface area contributed by atoms with E-state index in [1.165, 1.54) is 0 Å². The van der Waals surface area contributed by atoms with E-state index in [1.807, 2.05) is 6.07 Å². The predicted octanol–water partition coefficient (Wildman–Crippen LogP) is 3.58. The van der Waals surface area contributed by atoms with Gasteiger partial charge < -0.3 is 15.5 Å². The molecule has 0 radical (unpaired) electrons. The van der Waals surface area contributed by atoms with E-state index >= 15 is 0 Å². The lowest BCUT2D eigenvalue weighted by Crippen LogP contribution is -2.46. The fraction of sp³-hybridized carbons (Fsp3) is 0.360. The van der Waals surface area contributed by atoms with Crippen LogP contribution in [0.25, 0.3) is 0 Å². The molecular formula is C25H28N4O3. The molecule has 1 aliphatic rings. The summed E-state index contributed by atoms with van der Waals surface area (Å²) in [6.07, 6.45) is 2.32. The van der Waals surface area contributed by atoms with Crippen LogP contribution in [0.5, 0.6) is 0 Å². The SMILES string of the molecule is CC(C)CCNC(=O)[C@@H]1CCCN1C(=O)c1cccc(NC(=O)c2ccc(C#N)cc2)c1. The van der Waals surface area contributed by atoms with Crippen molar-refractivity contribution in [1.29, 1.82) is 5.26 Å². The van der Waals surface area contributed by atoms with Crippen LogP contribution in [0.15, 0.2) is 48.5 Å². The number of amides is 3. The molecule has 1 heterocycles. The Morgan fingerprint density at radius 3 is 2.56 bits per heavy atom. The largest absolute Gasteiger partial charge is 0.354 e. The van der Waals surface area contributed by atoms with Crippen molar-refractivity contribution in [3.05, 3.63) is 65.2 Å². The van der Waals surface area contributed by atoms with E-state index in [0.29, 0.717) is 47.8 Å². The van der Waals surface area contributed by atoms with Crippen molar-refractivity contribution in [3.8, 4) is 6.07 Å². The Hall–Kier alpha value is -3.66. The van der Waals surface area contributed by atoms with Crippen LogP contribution in [-0.4, -0.2) is 41.8 Å². The maximum Gasteiger partial charge on any atom is 0.255 e. The summed E-state index contributed by atoms with van der Waals surface area (Å²) in [4.78, 5) is 39.8. The lowest BCUT2D eigenvalue weighted by molar-refractivity contribution is -0.124. The monoisotopic (exact) mass is 432 g/mol. The summed E-state index contributed by atoms with van der Waals surface area (Å²) in [5, 5.41) is 14.6. The Morgan fingerprint density at radius 2 is 1.88 bits per heavy atom. The van der Waals surface area contributed by atoms with Gasteiger partial charge in [0, 0.05) is 29.9 Å². The van der Waals surface area contributed by atoms with Crippen molar-refractivity contribution in [2.45, 2.75) is 39.2 Å². The first-order chi connectivity index (χ1) is 15.4. The molecular weight excluding hydrogens is 404 g/mol. The number of benzene rings is 2. The minimum Gasteiger partial charge on any atom is -0.354 e. The van der Waals surface area contributed by atoms with E-state index in [0.717, 1.165) is 12.8 Å². The average molecular weight is 433 g/mol. The summed E-state index contributed by atoms with van der Waals surface area (Å²) in [6.45, 7) is 5.34. The highest BCUT2D eigenvalue weighted by Crippen LogP contribution is 2.22. The topological polar surface area (TPSA) is 102 Å². The van der Waals surface area contributed by atoms with Gasteiger partial charge in [-0.05, 0) is 67.6 Å². The van der Waals surface area contributed by atoms with Crippen LogP contribution in [-0.2, 0) is 4.79 Å². The summed E-state index contributed by atoms with van der Waals surface area (Å²) < 4.78 is 0. The molecule has 1 saturated heterocycles. The number of rotatable bonds is 7. The van der Waals surface area contributed by atoms with Crippen LogP contribution in [0.1, 0.15) is 59.4 Å². The highest BCUT2D eigenvalue weighted by molar-refractivity contribution is 6.05. The van der Waals surface area contributed by atoms with Gasteiger partial charge in [-0.1, -0.05) is 19.9 Å². The van der Waals surface area contributed by atoms with E-state index in [1.54, 1.807) is 53.4 Å². The second-order valence-electron chi connectivity index (χ2n) is 8.35. The van der Waals surface area contributed by atoms with E-state index < -0.39 is 6.04 Å². The van der Waals surface area contributed by atoms with Crippen molar-refractivity contribution in [2.75, 3.05) is 18.4 Å². The van der Waals surface area contributed by atoms with Gasteiger partial charge in [0.05, 0.1) is 11.6 Å². The third kappa shape index (κ3) is 5.73. The van der Waals surface area contributed by atoms with Gasteiger partial charge in [0.1, 0.15) is 6.04 Å². The van der Waals surface area contributed by atoms with Crippen LogP contribution in [0, 0.1) is 17.2 Å². The van der Waals surface area contributed by atoms with Gasteiger partial charge in [-0.2, -0.15) is 5.26 Å². The van der Waals surface area contributed by atoms with Gasteiger partial charge in [-0.3, -0.25) is 14.4 Å². The normalized spacial score (nSPS) is 15.3. The molecule has 0 aliphatic carbocycles. The minimum atomic E-state index is -0.466. The number of likely N-dealkylation sites (tertiary alicyclic amines) is 1. The molecule has 2 N–H and O–H groups in total. The molecule has 7 nitrogen and oxygen atoms in total. The van der Waals surface area contributed by atoms with Crippen molar-refractivity contribution >= 4 is 23.4 Å². The van der Waals surface area contributed by atoms with Crippen molar-refractivity contribution in [3.63, 3.8) is 0 Å². The van der Waals surface area contributed by atoms with Gasteiger partial charge in [0.15, 0.2) is 0 Å². The first kappa shape index (κ1) is 23.0. The van der Waals surface area contributed by atoms with Crippen LogP contribution in [0.2, 0.25) is 0 Å². The van der Waals surface area contributed by atoms with Crippen molar-refractivity contribution in [2.24, 2.45) is 5.92 Å². The van der Waals surface area contributed by atoms with E-state index in [2.05, 4.69) is 24.5 Å². The summed E-state index contributed by atoms with van der Waals surface area (Å²) in [6, 6.07) is 14.6. The summed E-state index contributed by atoms with van der Waals surface area (Å²) in [5.74, 6) is -0.163. The zero-order chi connectivity index (χ0) is 23.1. The average Bonchev–Trinajstić information content (AvgIpc) is 3.28. The molecule has 0 spiro atoms. The number of nitrogens with one attached hydrogen (secondary N) is 2. The van der Waals surface area contributed by atoms with Gasteiger partial charge in [0.2, 0.25) is 5.91 Å². The van der Waals surface area contributed by atoms with E-state index in [4.69, 9.17) is 5.26 Å². The lowest BCUT2D eigenvalue weighted by atomic mass is 10.1. The number of carbonyl (C=O) groups excluding carboxylic acids is 3. The molecule has 3 amide bonds. The standard InChI is InChI=1S/C25H28N4O3/c1-17(2)12-13-27-24(31)22-7-4-14-29(22)25(32)20-5-3-6-21(15-20)28-23(30)19-10-8-18(16-26)9-11-19/h3,5-6,8-11,15,17,22H,4,7,12-14H2,1-2H3,(H,27,31)(H,28,30)/t22-/m0/s1. The second kappa shape index (κ2) is 10.6. The maximum atomic E-state index is 13.1. The first-order valence-corrected chi connectivity index (χ1v) is 10.9. The highest BCUT2D eigenvalue weighted by Gasteiger charge is 2.34. The van der Waals surface area contributed by atoms with Crippen LogP contribution in [0.3, 0.4) is 0 Å². The van der Waals surface area contributed by atoms with Gasteiger partial charge in [-0.15, -0.1) is 0 Å². The highest BCUT2D eigenvalue weighted by atomic mass is 16.2. The fourth-order valence-electron chi connectivity index (χ4n) is 3.68. The number of carbonyl (C=O) groups is 3. The fourth-order valence-corrected chi connectivity index (χ4v) is 3.68. The Kier molecular flexibility index (Phi) is 7.61. The molecule has 2 aromatic carbocycles. The quantitative estimate of drug-likeness (QED) is 0.698. The first-order valence-electron chi connectivity index (χ1n) is 10.9. The Morgan fingerprint density at radius 1 is 1.12 bits per heavy atom. The Balaban J connectivity index is 1.66. The summed E-state index contributed by atoms with van der Waals surface area (Å²) in [7, 11) is 0.